The van der Waals surface area contributed by atoms with Gasteiger partial charge in [0.1, 0.15) is 12.4 Å². The lowest BCUT2D eigenvalue weighted by molar-refractivity contribution is 0.274. The number of methoxy groups -OCH3 is 1. The van der Waals surface area contributed by atoms with E-state index in [9.17, 15) is 0 Å². The summed E-state index contributed by atoms with van der Waals surface area (Å²) in [5.41, 5.74) is 2.12. The summed E-state index contributed by atoms with van der Waals surface area (Å²) in [6.45, 7) is 7.25. The Bertz CT molecular complexity index is 460. The number of nitrogens with zero attached hydrogens (tertiary/aromatic N) is 1. The SMILES string of the molecule is CCCCN(CC)Cc1cc(OC)ccc1C#CCO. The monoisotopic (exact) mass is 275 g/mol. The van der Waals surface area contributed by atoms with Crippen LogP contribution in [0.4, 0.5) is 0 Å². The molecule has 0 heterocycles. The molecule has 0 aliphatic carbocycles. The van der Waals surface area contributed by atoms with Gasteiger partial charge in [-0.15, -0.1) is 0 Å². The molecule has 0 unspecified atom stereocenters. The summed E-state index contributed by atoms with van der Waals surface area (Å²) < 4.78 is 5.29. The van der Waals surface area contributed by atoms with Crippen LogP contribution in [-0.4, -0.2) is 36.8 Å². The van der Waals surface area contributed by atoms with Crippen molar-refractivity contribution in [2.75, 3.05) is 26.8 Å². The summed E-state index contributed by atoms with van der Waals surface area (Å²) in [6.07, 6.45) is 2.40. The Balaban J connectivity index is 2.93. The Hall–Kier alpha value is -1.50. The molecule has 0 aliphatic rings. The summed E-state index contributed by atoms with van der Waals surface area (Å²) in [4.78, 5) is 2.41. The fourth-order valence-electron chi connectivity index (χ4n) is 2.06. The molecule has 3 nitrogen and oxygen atoms in total. The highest BCUT2D eigenvalue weighted by Gasteiger charge is 2.08. The third-order valence-electron chi connectivity index (χ3n) is 3.28. The molecule has 1 N–H and O–H groups in total. The molecule has 0 saturated carbocycles. The number of ether oxygens (including phenoxy) is 1. The second-order valence-corrected chi connectivity index (χ2v) is 4.71. The molecule has 1 aromatic carbocycles. The zero-order chi connectivity index (χ0) is 14.8. The van der Waals surface area contributed by atoms with Gasteiger partial charge in [0.15, 0.2) is 0 Å². The predicted molar refractivity (Wildman–Crippen MR) is 82.8 cm³/mol. The largest absolute Gasteiger partial charge is 0.497 e. The third-order valence-corrected chi connectivity index (χ3v) is 3.28. The van der Waals surface area contributed by atoms with Crippen molar-refractivity contribution in [1.82, 2.24) is 4.90 Å². The Morgan fingerprint density at radius 1 is 1.30 bits per heavy atom. The zero-order valence-corrected chi connectivity index (χ0v) is 12.8. The molecular weight excluding hydrogens is 250 g/mol. The van der Waals surface area contributed by atoms with Gasteiger partial charge in [0.25, 0.3) is 0 Å². The normalized spacial score (nSPS) is 10.2. The molecule has 0 amide bonds. The Morgan fingerprint density at radius 3 is 2.70 bits per heavy atom. The van der Waals surface area contributed by atoms with Crippen molar-refractivity contribution in [3.05, 3.63) is 29.3 Å². The van der Waals surface area contributed by atoms with E-state index >= 15 is 0 Å². The van der Waals surface area contributed by atoms with Crippen molar-refractivity contribution < 1.29 is 9.84 Å². The van der Waals surface area contributed by atoms with Crippen molar-refractivity contribution in [3.8, 4) is 17.6 Å². The number of aliphatic hydroxyl groups is 1. The van der Waals surface area contributed by atoms with Crippen molar-refractivity contribution in [2.24, 2.45) is 0 Å². The van der Waals surface area contributed by atoms with Gasteiger partial charge in [-0.05, 0) is 43.3 Å². The third kappa shape index (κ3) is 5.24. The van der Waals surface area contributed by atoms with E-state index in [2.05, 4.69) is 30.6 Å². The minimum absolute atomic E-state index is 0.112. The van der Waals surface area contributed by atoms with Crippen LogP contribution in [0.2, 0.25) is 0 Å². The highest BCUT2D eigenvalue weighted by atomic mass is 16.5. The Kier molecular flexibility index (Phi) is 7.79. The topological polar surface area (TPSA) is 32.7 Å². The van der Waals surface area contributed by atoms with Gasteiger partial charge in [-0.25, -0.2) is 0 Å². The maximum absolute atomic E-state index is 8.85. The molecule has 0 radical (unpaired) electrons. The van der Waals surface area contributed by atoms with Crippen molar-refractivity contribution in [3.63, 3.8) is 0 Å². The Morgan fingerprint density at radius 2 is 2.10 bits per heavy atom. The maximum atomic E-state index is 8.85. The lowest BCUT2D eigenvalue weighted by atomic mass is 10.1. The van der Waals surface area contributed by atoms with Crippen LogP contribution in [0.25, 0.3) is 0 Å². The smallest absolute Gasteiger partial charge is 0.119 e. The maximum Gasteiger partial charge on any atom is 0.119 e. The minimum atomic E-state index is -0.112. The van der Waals surface area contributed by atoms with Crippen LogP contribution in [-0.2, 0) is 6.54 Å². The minimum Gasteiger partial charge on any atom is -0.497 e. The van der Waals surface area contributed by atoms with Gasteiger partial charge in [0, 0.05) is 12.1 Å². The molecule has 0 bridgehead atoms. The van der Waals surface area contributed by atoms with Gasteiger partial charge in [0.05, 0.1) is 7.11 Å². The van der Waals surface area contributed by atoms with E-state index in [-0.39, 0.29) is 6.61 Å². The lowest BCUT2D eigenvalue weighted by Crippen LogP contribution is -2.24. The molecule has 0 aliphatic heterocycles. The molecular formula is C17H25NO2. The summed E-state index contributed by atoms with van der Waals surface area (Å²) in [5, 5.41) is 8.85. The molecule has 0 spiro atoms. The number of aliphatic hydroxyl groups excluding tert-OH is 1. The molecule has 1 aromatic rings. The van der Waals surface area contributed by atoms with Gasteiger partial charge >= 0.3 is 0 Å². The number of hydrogen-bond donors (Lipinski definition) is 1. The van der Waals surface area contributed by atoms with E-state index < -0.39 is 0 Å². The fourth-order valence-corrected chi connectivity index (χ4v) is 2.06. The van der Waals surface area contributed by atoms with E-state index in [1.54, 1.807) is 7.11 Å². The van der Waals surface area contributed by atoms with Gasteiger partial charge in [-0.3, -0.25) is 4.90 Å². The first-order chi connectivity index (χ1) is 9.74. The zero-order valence-electron chi connectivity index (χ0n) is 12.8. The standard InChI is InChI=1S/C17H25NO2/c1-4-6-11-18(5-2)14-16-13-17(20-3)10-9-15(16)8-7-12-19/h9-10,13,19H,4-6,11-12,14H2,1-3H3. The van der Waals surface area contributed by atoms with Crippen LogP contribution in [0, 0.1) is 11.8 Å². The van der Waals surface area contributed by atoms with Gasteiger partial charge < -0.3 is 9.84 Å². The van der Waals surface area contributed by atoms with Crippen molar-refractivity contribution in [2.45, 2.75) is 33.2 Å². The van der Waals surface area contributed by atoms with Gasteiger partial charge in [-0.2, -0.15) is 0 Å². The van der Waals surface area contributed by atoms with Crippen molar-refractivity contribution in [1.29, 1.82) is 0 Å². The highest BCUT2D eigenvalue weighted by Crippen LogP contribution is 2.19. The molecule has 3 heteroatoms. The predicted octanol–water partition coefficient (Wildman–Crippen LogP) is 2.66. The Labute approximate surface area is 122 Å². The summed E-state index contributed by atoms with van der Waals surface area (Å²) in [7, 11) is 1.67. The van der Waals surface area contributed by atoms with E-state index in [0.717, 1.165) is 36.5 Å². The van der Waals surface area contributed by atoms with E-state index in [1.165, 1.54) is 12.8 Å². The summed E-state index contributed by atoms with van der Waals surface area (Å²) >= 11 is 0. The number of unbranched alkanes of at least 4 members (excludes halogenated alkanes) is 1. The number of benzene rings is 1. The van der Waals surface area contributed by atoms with E-state index in [4.69, 9.17) is 9.84 Å². The molecule has 1 rings (SSSR count). The number of hydrogen-bond acceptors (Lipinski definition) is 3. The number of rotatable bonds is 7. The highest BCUT2D eigenvalue weighted by molar-refractivity contribution is 5.45. The van der Waals surface area contributed by atoms with Crippen LogP contribution in [0.3, 0.4) is 0 Å². The molecule has 0 atom stereocenters. The molecule has 0 aromatic heterocycles. The van der Waals surface area contributed by atoms with Gasteiger partial charge in [-0.1, -0.05) is 32.1 Å². The fraction of sp³-hybridized carbons (Fsp3) is 0.529. The van der Waals surface area contributed by atoms with Gasteiger partial charge in [0.2, 0.25) is 0 Å². The first kappa shape index (κ1) is 16.6. The van der Waals surface area contributed by atoms with E-state index in [1.807, 2.05) is 18.2 Å². The van der Waals surface area contributed by atoms with Crippen molar-refractivity contribution >= 4 is 0 Å². The average molecular weight is 275 g/mol. The summed E-state index contributed by atoms with van der Waals surface area (Å²) in [6, 6.07) is 5.91. The second kappa shape index (κ2) is 9.41. The van der Waals surface area contributed by atoms with Crippen LogP contribution in [0.5, 0.6) is 5.75 Å². The molecule has 0 saturated heterocycles. The average Bonchev–Trinajstić information content (AvgIpc) is 2.49. The van der Waals surface area contributed by atoms with Crippen LogP contribution in [0.15, 0.2) is 18.2 Å². The first-order valence-electron chi connectivity index (χ1n) is 7.24. The second-order valence-electron chi connectivity index (χ2n) is 4.71. The molecule has 0 fully saturated rings. The van der Waals surface area contributed by atoms with Crippen LogP contribution in [0.1, 0.15) is 37.8 Å². The van der Waals surface area contributed by atoms with E-state index in [0.29, 0.717) is 0 Å². The lowest BCUT2D eigenvalue weighted by Gasteiger charge is -2.21. The quantitative estimate of drug-likeness (QED) is 0.777. The summed E-state index contributed by atoms with van der Waals surface area (Å²) in [5.74, 6) is 6.59. The van der Waals surface area contributed by atoms with Crippen LogP contribution < -0.4 is 4.74 Å². The van der Waals surface area contributed by atoms with Crippen LogP contribution >= 0.6 is 0 Å². The molecule has 110 valence electrons. The molecule has 20 heavy (non-hydrogen) atoms. The first-order valence-corrected chi connectivity index (χ1v) is 7.24.